The molecule has 0 aliphatic carbocycles. The highest BCUT2D eigenvalue weighted by Gasteiger charge is 2.21. The smallest absolute Gasteiger partial charge is 0.340 e. The number of methoxy groups -OCH3 is 2. The summed E-state index contributed by atoms with van der Waals surface area (Å²) in [5, 5.41) is 3.22. The van der Waals surface area contributed by atoms with Crippen LogP contribution in [-0.2, 0) is 4.74 Å². The molecule has 0 saturated carbocycles. The number of fused-ring (bicyclic) bond motifs is 1. The lowest BCUT2D eigenvalue weighted by Gasteiger charge is -2.21. The number of carbonyl (C=O) groups excluding carboxylic acids is 1. The van der Waals surface area contributed by atoms with Crippen molar-refractivity contribution >= 4 is 49.2 Å². The Morgan fingerprint density at radius 3 is 2.20 bits per heavy atom. The number of hydrogen-bond donors (Lipinski definition) is 1. The molecule has 0 bridgehead atoms. The molecule has 1 N–H and O–H groups in total. The maximum absolute atomic E-state index is 12.1. The third-order valence-electron chi connectivity index (χ3n) is 3.57. The number of esters is 1. The lowest BCUT2D eigenvalue weighted by Crippen LogP contribution is -2.17. The minimum Gasteiger partial charge on any atom is -0.494 e. The number of anilines is 2. The average Bonchev–Trinajstić information content (AvgIpc) is 2.60. The standard InChI is InChI=1S/C17H15Br2NO5/c1-22-16-11(18)5-9(6-12(16)19)20-13-8-15-14(24-3-4-25-15)7-10(13)17(21)23-2/h5-8,20H,3-4H2,1-2H3. The largest absolute Gasteiger partial charge is 0.494 e. The Kier molecular flexibility index (Phi) is 5.39. The van der Waals surface area contributed by atoms with Gasteiger partial charge in [-0.05, 0) is 44.0 Å². The zero-order valence-corrected chi connectivity index (χ0v) is 16.7. The first kappa shape index (κ1) is 17.9. The molecule has 2 aromatic rings. The number of carbonyl (C=O) groups is 1. The number of benzene rings is 2. The van der Waals surface area contributed by atoms with Crippen LogP contribution in [0.4, 0.5) is 11.4 Å². The van der Waals surface area contributed by atoms with Crippen LogP contribution < -0.4 is 19.5 Å². The van der Waals surface area contributed by atoms with Crippen LogP contribution in [-0.4, -0.2) is 33.4 Å². The van der Waals surface area contributed by atoms with E-state index in [1.165, 1.54) is 7.11 Å². The summed E-state index contributed by atoms with van der Waals surface area (Å²) in [6.07, 6.45) is 0. The maximum Gasteiger partial charge on any atom is 0.340 e. The SMILES string of the molecule is COC(=O)c1cc2c(cc1Nc1cc(Br)c(OC)c(Br)c1)OCCO2. The highest BCUT2D eigenvalue weighted by molar-refractivity contribution is 9.11. The number of ether oxygens (including phenoxy) is 4. The summed E-state index contributed by atoms with van der Waals surface area (Å²) < 4.78 is 22.9. The molecule has 0 amide bonds. The predicted octanol–water partition coefficient (Wildman–Crippen LogP) is 4.52. The van der Waals surface area contributed by atoms with Gasteiger partial charge in [-0.15, -0.1) is 0 Å². The molecule has 25 heavy (non-hydrogen) atoms. The molecule has 8 heteroatoms. The van der Waals surface area contributed by atoms with E-state index in [1.54, 1.807) is 19.2 Å². The van der Waals surface area contributed by atoms with Gasteiger partial charge in [0, 0.05) is 17.8 Å². The van der Waals surface area contributed by atoms with Gasteiger partial charge in [0.1, 0.15) is 19.0 Å². The van der Waals surface area contributed by atoms with Gasteiger partial charge in [0.15, 0.2) is 11.5 Å². The van der Waals surface area contributed by atoms with E-state index in [0.29, 0.717) is 41.7 Å². The zero-order chi connectivity index (χ0) is 18.0. The van der Waals surface area contributed by atoms with Crippen molar-refractivity contribution in [3.05, 3.63) is 38.8 Å². The van der Waals surface area contributed by atoms with E-state index in [1.807, 2.05) is 12.1 Å². The fraction of sp³-hybridized carbons (Fsp3) is 0.235. The summed E-state index contributed by atoms with van der Waals surface area (Å²) in [5.41, 5.74) is 1.66. The van der Waals surface area contributed by atoms with Crippen LogP contribution in [0.1, 0.15) is 10.4 Å². The lowest BCUT2D eigenvalue weighted by molar-refractivity contribution is 0.0601. The van der Waals surface area contributed by atoms with Crippen molar-refractivity contribution in [2.75, 3.05) is 32.8 Å². The van der Waals surface area contributed by atoms with Gasteiger partial charge in [0.05, 0.1) is 34.4 Å². The fourth-order valence-electron chi connectivity index (χ4n) is 2.45. The molecule has 0 saturated heterocycles. The number of nitrogens with one attached hydrogen (secondary N) is 1. The summed E-state index contributed by atoms with van der Waals surface area (Å²) in [6, 6.07) is 7.05. The Balaban J connectivity index is 2.02. The van der Waals surface area contributed by atoms with Crippen LogP contribution in [0.5, 0.6) is 17.2 Å². The molecule has 0 aromatic heterocycles. The average molecular weight is 473 g/mol. The van der Waals surface area contributed by atoms with Gasteiger partial charge in [0.2, 0.25) is 0 Å². The van der Waals surface area contributed by atoms with E-state index < -0.39 is 5.97 Å². The van der Waals surface area contributed by atoms with Gasteiger partial charge in [-0.2, -0.15) is 0 Å². The first-order valence-electron chi connectivity index (χ1n) is 7.35. The van der Waals surface area contributed by atoms with E-state index in [0.717, 1.165) is 14.6 Å². The second kappa shape index (κ2) is 7.53. The second-order valence-corrected chi connectivity index (χ2v) is 6.84. The van der Waals surface area contributed by atoms with Crippen molar-refractivity contribution < 1.29 is 23.7 Å². The highest BCUT2D eigenvalue weighted by Crippen LogP contribution is 2.40. The highest BCUT2D eigenvalue weighted by atomic mass is 79.9. The number of rotatable bonds is 4. The summed E-state index contributed by atoms with van der Waals surface area (Å²) in [5.74, 6) is 1.31. The normalized spacial score (nSPS) is 12.5. The molecule has 6 nitrogen and oxygen atoms in total. The van der Waals surface area contributed by atoms with Gasteiger partial charge in [0.25, 0.3) is 0 Å². The number of hydrogen-bond acceptors (Lipinski definition) is 6. The summed E-state index contributed by atoms with van der Waals surface area (Å²) in [4.78, 5) is 12.1. The molecule has 0 radical (unpaired) electrons. The van der Waals surface area contributed by atoms with Crippen molar-refractivity contribution in [3.8, 4) is 17.2 Å². The van der Waals surface area contributed by atoms with Crippen molar-refractivity contribution in [2.24, 2.45) is 0 Å². The lowest BCUT2D eigenvalue weighted by atomic mass is 10.1. The molecule has 1 aliphatic heterocycles. The zero-order valence-electron chi connectivity index (χ0n) is 13.5. The third-order valence-corrected chi connectivity index (χ3v) is 4.75. The van der Waals surface area contributed by atoms with Gasteiger partial charge < -0.3 is 24.3 Å². The molecule has 0 spiro atoms. The predicted molar refractivity (Wildman–Crippen MR) is 100 cm³/mol. The monoisotopic (exact) mass is 471 g/mol. The van der Waals surface area contributed by atoms with Gasteiger partial charge in [-0.1, -0.05) is 0 Å². The Morgan fingerprint density at radius 2 is 1.64 bits per heavy atom. The van der Waals surface area contributed by atoms with Crippen LogP contribution >= 0.6 is 31.9 Å². The minimum atomic E-state index is -0.467. The summed E-state index contributed by atoms with van der Waals surface area (Å²) in [6.45, 7) is 0.905. The molecular weight excluding hydrogens is 458 g/mol. The molecule has 1 heterocycles. The van der Waals surface area contributed by atoms with Crippen LogP contribution in [0.3, 0.4) is 0 Å². The summed E-state index contributed by atoms with van der Waals surface area (Å²) in [7, 11) is 2.93. The molecule has 132 valence electrons. The quantitative estimate of drug-likeness (QED) is 0.660. The van der Waals surface area contributed by atoms with Crippen LogP contribution in [0.2, 0.25) is 0 Å². The number of halogens is 2. The first-order chi connectivity index (χ1) is 12.0. The molecule has 0 unspecified atom stereocenters. The Bertz CT molecular complexity index is 802. The van der Waals surface area contributed by atoms with E-state index in [4.69, 9.17) is 18.9 Å². The minimum absolute atomic E-state index is 0.356. The van der Waals surface area contributed by atoms with Crippen molar-refractivity contribution in [3.63, 3.8) is 0 Å². The molecule has 0 atom stereocenters. The second-order valence-electron chi connectivity index (χ2n) is 5.13. The van der Waals surface area contributed by atoms with E-state index >= 15 is 0 Å². The first-order valence-corrected chi connectivity index (χ1v) is 8.94. The van der Waals surface area contributed by atoms with Crippen molar-refractivity contribution in [1.82, 2.24) is 0 Å². The van der Waals surface area contributed by atoms with Crippen LogP contribution in [0.15, 0.2) is 33.2 Å². The molecule has 0 fully saturated rings. The fourth-order valence-corrected chi connectivity index (χ4v) is 3.96. The van der Waals surface area contributed by atoms with Crippen molar-refractivity contribution in [1.29, 1.82) is 0 Å². The molecular formula is C17H15Br2NO5. The van der Waals surface area contributed by atoms with E-state index in [9.17, 15) is 4.79 Å². The van der Waals surface area contributed by atoms with E-state index in [-0.39, 0.29) is 0 Å². The molecule has 3 rings (SSSR count). The summed E-state index contributed by atoms with van der Waals surface area (Å²) >= 11 is 6.92. The van der Waals surface area contributed by atoms with Crippen LogP contribution in [0, 0.1) is 0 Å². The molecule has 2 aromatic carbocycles. The van der Waals surface area contributed by atoms with Gasteiger partial charge >= 0.3 is 5.97 Å². The van der Waals surface area contributed by atoms with Gasteiger partial charge in [-0.25, -0.2) is 4.79 Å². The Morgan fingerprint density at radius 1 is 1.04 bits per heavy atom. The van der Waals surface area contributed by atoms with E-state index in [2.05, 4.69) is 37.2 Å². The third kappa shape index (κ3) is 3.69. The Hall–Kier alpha value is -1.93. The Labute approximate surface area is 161 Å². The van der Waals surface area contributed by atoms with Gasteiger partial charge in [-0.3, -0.25) is 0 Å². The van der Waals surface area contributed by atoms with Crippen LogP contribution in [0.25, 0.3) is 0 Å². The topological polar surface area (TPSA) is 66.0 Å². The molecule has 1 aliphatic rings. The van der Waals surface area contributed by atoms with Crippen molar-refractivity contribution in [2.45, 2.75) is 0 Å². The maximum atomic E-state index is 12.1.